The van der Waals surface area contributed by atoms with Crippen molar-refractivity contribution < 1.29 is 122 Å². The standard InChI is InChI=1S/C19H42N.C18H25NO2.2C18H36O2.C8H20O4Si.ClH.Co.Na.2H2O/c1-5-6-7-8-9-10-11-12-13-14-15-16-17-18-19-20(2,3)4;1-2-3-4-5-6-7-13-21-14-15-10-11-17(20)18-16(15)9-8-12-19-18;2*1-2-3-4-5-6-7-8-9-10-11-12-13-14-15-16-17-18(19)20;1-5-9-13(10-6-2,11-7-3)12-8-4;;;;;/h5-19H2,1-4H3;8-12,20H,2-7,13-14H2,1H3;2*2-17H2,1H3,(H,19,20);5-8H2,1-4H3;1H;;;2*1H2/q+1;;;;;;+2;+1;;/p-4. The summed E-state index contributed by atoms with van der Waals surface area (Å²) in [5, 5.41) is 31.2. The summed E-state index contributed by atoms with van der Waals surface area (Å²) in [5.41, 5.74) is 1.74. The van der Waals surface area contributed by atoms with Gasteiger partial charge in [0.05, 0.1) is 34.3 Å². The number of phenolic OH excluding ortho intramolecular Hbond substituents is 1. The number of carboxylic acid groups (broad SMARTS) is 2. The number of fused-ring (bicyclic) bond motifs is 1. The first-order valence-corrected chi connectivity index (χ1v) is 41.7. The van der Waals surface area contributed by atoms with Crippen molar-refractivity contribution in [2.24, 2.45) is 0 Å². The second-order valence-corrected chi connectivity index (χ2v) is 29.6. The number of nitrogens with zero attached hydrogens (tertiary/aromatic N) is 2. The van der Waals surface area contributed by atoms with Crippen LogP contribution < -0.4 is 52.2 Å². The summed E-state index contributed by atoms with van der Waals surface area (Å²) >= 11 is 0. The number of unbranched alkanes of at least 4 members (excludes halogenated alkanes) is 46. The number of carbonyl (C=O) groups is 2. The van der Waals surface area contributed by atoms with Crippen molar-refractivity contribution in [1.29, 1.82) is 0 Å². The molecule has 0 aliphatic heterocycles. The number of aliphatic carboxylic acids is 2. The SMILES string of the molecule is CCCCCCCCCCCCCCCCCC(=O)[O-].CCCCCCCCCCCCCCCCCC(=O)[O-].CCCCCCCCCCCCCCCC[N+](C)(C)C.CCCCCCCCOCc1ccc(O)c2ncccc12.CCO[Si](OCC)(OCC)OCC.O.[Cl-].[Co+2].[Na+].[OH-]. The Morgan fingerprint density at radius 3 is 0.949 bits per heavy atom. The maximum absolute atomic E-state index is 10.2. The van der Waals surface area contributed by atoms with Crippen molar-refractivity contribution >= 4 is 31.9 Å². The average Bonchev–Trinajstić information content (AvgIpc) is 0.819. The molecular weight excluding hydrogens is 1340 g/mol. The first kappa shape index (κ1) is 114. The number of phenols is 1. The Bertz CT molecular complexity index is 1790. The Balaban J connectivity index is -0.000000173. The number of benzene rings is 1. The van der Waals surface area contributed by atoms with Crippen LogP contribution in [0, 0.1) is 0 Å². The molecule has 1 radical (unpaired) electrons. The normalized spacial score (nSPS) is 10.7. The average molecular weight is 1500 g/mol. The van der Waals surface area contributed by atoms with E-state index in [1.54, 1.807) is 12.3 Å². The number of rotatable bonds is 64. The number of halogens is 1. The van der Waals surface area contributed by atoms with Gasteiger partial charge in [-0.2, -0.15) is 0 Å². The summed E-state index contributed by atoms with van der Waals surface area (Å²) in [6, 6.07) is 7.48. The zero-order valence-electron chi connectivity index (χ0n) is 66.8. The molecule has 0 amide bonds. The van der Waals surface area contributed by atoms with Crippen LogP contribution in [0.2, 0.25) is 0 Å². The summed E-state index contributed by atoms with van der Waals surface area (Å²) in [6.45, 7) is 21.6. The number of carboxylic acids is 2. The maximum atomic E-state index is 10.2. The smallest absolute Gasteiger partial charge is 1.00 e. The second-order valence-electron chi connectivity index (χ2n) is 27.4. The maximum Gasteiger partial charge on any atom is 2.00 e. The van der Waals surface area contributed by atoms with E-state index in [0.717, 1.165) is 54.1 Å². The van der Waals surface area contributed by atoms with E-state index in [9.17, 15) is 24.9 Å². The fourth-order valence-electron chi connectivity index (χ4n) is 11.5. The largest absolute Gasteiger partial charge is 2.00 e. The molecule has 99 heavy (non-hydrogen) atoms. The van der Waals surface area contributed by atoms with Crippen molar-refractivity contribution in [3.8, 4) is 5.75 Å². The van der Waals surface area contributed by atoms with E-state index < -0.39 is 21.0 Å². The number of pyridine rings is 1. The van der Waals surface area contributed by atoms with Gasteiger partial charge in [-0.05, 0) is 90.3 Å². The molecule has 0 saturated heterocycles. The van der Waals surface area contributed by atoms with Crippen LogP contribution in [0.25, 0.3) is 10.9 Å². The molecule has 0 saturated carbocycles. The van der Waals surface area contributed by atoms with E-state index in [4.69, 9.17) is 22.4 Å². The van der Waals surface area contributed by atoms with Gasteiger partial charge in [0, 0.05) is 56.6 Å². The molecule has 2 aromatic rings. The molecule has 2 rings (SSSR count). The summed E-state index contributed by atoms with van der Waals surface area (Å²) in [5.74, 6) is -1.58. The molecule has 1 aromatic heterocycles. The third kappa shape index (κ3) is 87.6. The molecule has 1 aromatic carbocycles. The summed E-state index contributed by atoms with van der Waals surface area (Å²) in [6.07, 6.45) is 69.4. The van der Waals surface area contributed by atoms with E-state index in [-0.39, 0.29) is 88.3 Å². The van der Waals surface area contributed by atoms with E-state index in [1.807, 2.05) is 45.9 Å². The van der Waals surface area contributed by atoms with Gasteiger partial charge in [-0.15, -0.1) is 0 Å². The topological polar surface area (TPSA) is 221 Å². The molecule has 14 nitrogen and oxygen atoms in total. The van der Waals surface area contributed by atoms with Gasteiger partial charge >= 0.3 is 55.4 Å². The molecule has 0 aliphatic rings. The van der Waals surface area contributed by atoms with Gasteiger partial charge in [0.25, 0.3) is 0 Å². The van der Waals surface area contributed by atoms with Gasteiger partial charge in [-0.3, -0.25) is 4.98 Å². The molecule has 0 fully saturated rings. The second kappa shape index (κ2) is 91.3. The van der Waals surface area contributed by atoms with Crippen molar-refractivity contribution in [3.05, 3.63) is 36.0 Å². The molecule has 0 spiro atoms. The van der Waals surface area contributed by atoms with E-state index >= 15 is 0 Å². The first-order chi connectivity index (χ1) is 45.7. The third-order valence-electron chi connectivity index (χ3n) is 17.2. The fourth-order valence-corrected chi connectivity index (χ4v) is 13.4. The number of hydrogen-bond donors (Lipinski definition) is 1. The predicted molar refractivity (Wildman–Crippen MR) is 407 cm³/mol. The van der Waals surface area contributed by atoms with Gasteiger partial charge in [0.1, 0.15) is 11.3 Å². The molecule has 1 heterocycles. The number of ether oxygens (including phenoxy) is 1. The van der Waals surface area contributed by atoms with Crippen LogP contribution in [0.1, 0.15) is 395 Å². The van der Waals surface area contributed by atoms with Crippen LogP contribution in [0.15, 0.2) is 30.5 Å². The Hall–Kier alpha value is -0.937. The Morgan fingerprint density at radius 1 is 0.424 bits per heavy atom. The molecular formula is C81H160ClCoN2NaO12Si. The van der Waals surface area contributed by atoms with E-state index in [0.29, 0.717) is 38.6 Å². The Labute approximate surface area is 652 Å². The number of carbonyl (C=O) groups excluding carboxylic acids is 2. The molecule has 4 N–H and O–H groups in total. The summed E-state index contributed by atoms with van der Waals surface area (Å²) in [7, 11) is 4.09. The summed E-state index contributed by atoms with van der Waals surface area (Å²) < 4.78 is 28.6. The first-order valence-electron chi connectivity index (χ1n) is 40.1. The van der Waals surface area contributed by atoms with Crippen LogP contribution in [0.3, 0.4) is 0 Å². The van der Waals surface area contributed by atoms with E-state index in [2.05, 4.69) is 53.8 Å². The van der Waals surface area contributed by atoms with Crippen molar-refractivity contribution in [1.82, 2.24) is 4.98 Å². The minimum absolute atomic E-state index is 0. The Kier molecular flexibility index (Phi) is 105. The van der Waals surface area contributed by atoms with Gasteiger partial charge in [-0.25, -0.2) is 0 Å². The number of hydrogen-bond acceptors (Lipinski definition) is 12. The van der Waals surface area contributed by atoms with Gasteiger partial charge in [0.15, 0.2) is 0 Å². The number of quaternary nitrogens is 1. The Morgan fingerprint density at radius 2 is 0.687 bits per heavy atom. The molecule has 0 bridgehead atoms. The zero-order chi connectivity index (χ0) is 70.0. The van der Waals surface area contributed by atoms with Crippen LogP contribution >= 0.6 is 0 Å². The monoisotopic (exact) mass is 1500 g/mol. The molecule has 18 heteroatoms. The predicted octanol–water partition coefficient (Wildman–Crippen LogP) is 15.6. The molecule has 0 atom stereocenters. The third-order valence-corrected chi connectivity index (χ3v) is 19.7. The molecule has 587 valence electrons. The minimum Gasteiger partial charge on any atom is -1.00 e. The van der Waals surface area contributed by atoms with Gasteiger partial charge in [0.2, 0.25) is 0 Å². The number of aromatic nitrogens is 1. The minimum atomic E-state index is -2.80. The van der Waals surface area contributed by atoms with Gasteiger partial charge in [-0.1, -0.05) is 329 Å². The van der Waals surface area contributed by atoms with E-state index in [1.165, 1.54) is 295 Å². The molecule has 0 unspecified atom stereocenters. The van der Waals surface area contributed by atoms with Crippen molar-refractivity contribution in [2.75, 3.05) is 60.7 Å². The van der Waals surface area contributed by atoms with Crippen molar-refractivity contribution in [3.63, 3.8) is 0 Å². The zero-order valence-corrected chi connectivity index (χ0v) is 71.6. The molecule has 0 aliphatic carbocycles. The van der Waals surface area contributed by atoms with Crippen LogP contribution in [0.5, 0.6) is 5.75 Å². The summed E-state index contributed by atoms with van der Waals surface area (Å²) in [4.78, 5) is 24.7. The fraction of sp³-hybridized carbons (Fsp3) is 0.864. The van der Waals surface area contributed by atoms with Gasteiger partial charge < -0.3 is 75.2 Å². The quantitative estimate of drug-likeness (QED) is 0.0371. The van der Waals surface area contributed by atoms with Crippen LogP contribution in [-0.4, -0.2) is 107 Å². The number of aromatic hydroxyl groups is 1. The van der Waals surface area contributed by atoms with Crippen molar-refractivity contribution in [2.45, 2.75) is 396 Å². The van der Waals surface area contributed by atoms with Crippen LogP contribution in [0.4, 0.5) is 0 Å². The van der Waals surface area contributed by atoms with Crippen LogP contribution in [-0.2, 0) is 55.4 Å².